The van der Waals surface area contributed by atoms with E-state index in [9.17, 15) is 18.0 Å². The highest BCUT2D eigenvalue weighted by atomic mass is 79.9. The summed E-state index contributed by atoms with van der Waals surface area (Å²) in [6, 6.07) is 0.755. The molecule has 0 spiro atoms. The molecular formula is C6H2BrF3O3. The van der Waals surface area contributed by atoms with Gasteiger partial charge in [0.05, 0.1) is 0 Å². The van der Waals surface area contributed by atoms with Gasteiger partial charge in [0.2, 0.25) is 5.76 Å². The van der Waals surface area contributed by atoms with Crippen LogP contribution < -0.4 is 0 Å². The minimum Gasteiger partial charge on any atom is -0.478 e. The molecule has 0 aliphatic carbocycles. The molecule has 72 valence electrons. The Morgan fingerprint density at radius 2 is 2.08 bits per heavy atom. The van der Waals surface area contributed by atoms with Crippen molar-refractivity contribution in [3.05, 3.63) is 22.1 Å². The Morgan fingerprint density at radius 1 is 1.54 bits per heavy atom. The van der Waals surface area contributed by atoms with Gasteiger partial charge in [-0.3, -0.25) is 0 Å². The standard InChI is InChI=1S/C6H2BrF3O3/c7-3-1-2(5(11)12)4(13-3)6(8,9)10/h1H,(H,11,12). The maximum Gasteiger partial charge on any atom is 0.450 e. The summed E-state index contributed by atoms with van der Waals surface area (Å²) in [7, 11) is 0. The SMILES string of the molecule is O=C(O)c1cc(Br)oc1C(F)(F)F. The van der Waals surface area contributed by atoms with E-state index in [2.05, 4.69) is 20.3 Å². The molecule has 0 saturated heterocycles. The van der Waals surface area contributed by atoms with Crippen LogP contribution in [-0.2, 0) is 6.18 Å². The lowest BCUT2D eigenvalue weighted by atomic mass is 10.2. The maximum atomic E-state index is 12.0. The Balaban J connectivity index is 3.28. The van der Waals surface area contributed by atoms with Crippen LogP contribution in [-0.4, -0.2) is 11.1 Å². The lowest BCUT2D eigenvalue weighted by Gasteiger charge is -2.02. The number of rotatable bonds is 1. The summed E-state index contributed by atoms with van der Waals surface area (Å²) in [5.41, 5.74) is -0.903. The van der Waals surface area contributed by atoms with Gasteiger partial charge in [0.25, 0.3) is 0 Å². The van der Waals surface area contributed by atoms with Gasteiger partial charge in [-0.15, -0.1) is 0 Å². The quantitative estimate of drug-likeness (QED) is 0.843. The van der Waals surface area contributed by atoms with Crippen LogP contribution in [0.15, 0.2) is 15.2 Å². The van der Waals surface area contributed by atoms with Gasteiger partial charge in [0.1, 0.15) is 5.56 Å². The van der Waals surface area contributed by atoms with Gasteiger partial charge >= 0.3 is 12.1 Å². The predicted octanol–water partition coefficient (Wildman–Crippen LogP) is 2.76. The van der Waals surface area contributed by atoms with E-state index in [0.717, 1.165) is 6.07 Å². The monoisotopic (exact) mass is 258 g/mol. The summed E-state index contributed by atoms with van der Waals surface area (Å²) < 4.78 is 40.0. The highest BCUT2D eigenvalue weighted by Crippen LogP contribution is 2.35. The van der Waals surface area contributed by atoms with Crippen molar-refractivity contribution in [2.24, 2.45) is 0 Å². The minimum atomic E-state index is -4.79. The second kappa shape index (κ2) is 3.06. The molecule has 0 bridgehead atoms. The van der Waals surface area contributed by atoms with E-state index in [0.29, 0.717) is 0 Å². The van der Waals surface area contributed by atoms with Crippen LogP contribution in [0.4, 0.5) is 13.2 Å². The normalized spacial score (nSPS) is 11.7. The molecule has 1 aromatic heterocycles. The van der Waals surface area contributed by atoms with Gasteiger partial charge in [0.15, 0.2) is 4.67 Å². The molecule has 0 amide bonds. The average Bonchev–Trinajstić information content (AvgIpc) is 2.29. The summed E-state index contributed by atoms with van der Waals surface area (Å²) >= 11 is 2.61. The van der Waals surface area contributed by atoms with Gasteiger partial charge in [-0.2, -0.15) is 13.2 Å². The fourth-order valence-corrected chi connectivity index (χ4v) is 1.12. The molecule has 0 aliphatic heterocycles. The van der Waals surface area contributed by atoms with Crippen LogP contribution in [0.3, 0.4) is 0 Å². The summed E-state index contributed by atoms with van der Waals surface area (Å²) in [5, 5.41) is 8.36. The molecule has 1 rings (SSSR count). The van der Waals surface area contributed by atoms with Crippen molar-refractivity contribution in [1.82, 2.24) is 0 Å². The number of hydrogen-bond acceptors (Lipinski definition) is 2. The molecule has 0 saturated carbocycles. The second-order valence-electron chi connectivity index (χ2n) is 2.10. The van der Waals surface area contributed by atoms with Crippen LogP contribution >= 0.6 is 15.9 Å². The smallest absolute Gasteiger partial charge is 0.450 e. The zero-order chi connectivity index (χ0) is 10.2. The number of carboxylic acids is 1. The fraction of sp³-hybridized carbons (Fsp3) is 0.167. The van der Waals surface area contributed by atoms with Crippen molar-refractivity contribution < 1.29 is 27.5 Å². The molecule has 0 atom stereocenters. The highest BCUT2D eigenvalue weighted by molar-refractivity contribution is 9.10. The molecule has 0 radical (unpaired) electrons. The Labute approximate surface area is 78.3 Å². The van der Waals surface area contributed by atoms with E-state index in [1.54, 1.807) is 0 Å². The third kappa shape index (κ3) is 2.03. The van der Waals surface area contributed by atoms with Crippen molar-refractivity contribution in [3.63, 3.8) is 0 Å². The predicted molar refractivity (Wildman–Crippen MR) is 38.4 cm³/mol. The number of carboxylic acid groups (broad SMARTS) is 1. The van der Waals surface area contributed by atoms with E-state index < -0.39 is 23.5 Å². The second-order valence-corrected chi connectivity index (χ2v) is 2.88. The summed E-state index contributed by atoms with van der Waals surface area (Å²) in [6.07, 6.45) is -4.79. The molecular weight excluding hydrogens is 257 g/mol. The van der Waals surface area contributed by atoms with E-state index in [-0.39, 0.29) is 4.67 Å². The number of furan rings is 1. The number of alkyl halides is 3. The number of hydrogen-bond donors (Lipinski definition) is 1. The topological polar surface area (TPSA) is 50.4 Å². The van der Waals surface area contributed by atoms with Crippen LogP contribution in [0, 0.1) is 0 Å². The first kappa shape index (κ1) is 10.1. The molecule has 1 N–H and O–H groups in total. The number of halogens is 4. The molecule has 7 heteroatoms. The molecule has 0 fully saturated rings. The Bertz CT molecular complexity index is 341. The fourth-order valence-electron chi connectivity index (χ4n) is 0.730. The third-order valence-electron chi connectivity index (χ3n) is 1.19. The summed E-state index contributed by atoms with van der Waals surface area (Å²) in [5.74, 6) is -3.19. The summed E-state index contributed by atoms with van der Waals surface area (Å²) in [6.45, 7) is 0. The van der Waals surface area contributed by atoms with Crippen molar-refractivity contribution in [3.8, 4) is 0 Å². The molecule has 0 aliphatic rings. The maximum absolute atomic E-state index is 12.0. The van der Waals surface area contributed by atoms with Crippen LogP contribution in [0.2, 0.25) is 0 Å². The third-order valence-corrected chi connectivity index (χ3v) is 1.58. The van der Waals surface area contributed by atoms with E-state index in [1.165, 1.54) is 0 Å². The molecule has 0 unspecified atom stereocenters. The Morgan fingerprint density at radius 3 is 2.38 bits per heavy atom. The van der Waals surface area contributed by atoms with Crippen LogP contribution in [0.25, 0.3) is 0 Å². The first-order chi connectivity index (χ1) is 5.82. The Kier molecular flexibility index (Phi) is 2.38. The van der Waals surface area contributed by atoms with Crippen molar-refractivity contribution in [2.45, 2.75) is 6.18 Å². The highest BCUT2D eigenvalue weighted by Gasteiger charge is 2.40. The van der Waals surface area contributed by atoms with Crippen molar-refractivity contribution in [2.75, 3.05) is 0 Å². The largest absolute Gasteiger partial charge is 0.478 e. The number of aromatic carboxylic acids is 1. The molecule has 1 heterocycles. The zero-order valence-electron chi connectivity index (χ0n) is 5.85. The van der Waals surface area contributed by atoms with Gasteiger partial charge in [0, 0.05) is 6.07 Å². The van der Waals surface area contributed by atoms with Gasteiger partial charge in [-0.1, -0.05) is 0 Å². The van der Waals surface area contributed by atoms with E-state index in [1.807, 2.05) is 0 Å². The van der Waals surface area contributed by atoms with Gasteiger partial charge < -0.3 is 9.52 Å². The average molecular weight is 259 g/mol. The zero-order valence-corrected chi connectivity index (χ0v) is 7.44. The van der Waals surface area contributed by atoms with Crippen LogP contribution in [0.1, 0.15) is 16.1 Å². The van der Waals surface area contributed by atoms with E-state index >= 15 is 0 Å². The number of carbonyl (C=O) groups is 1. The lowest BCUT2D eigenvalue weighted by molar-refractivity contribution is -0.153. The molecule has 13 heavy (non-hydrogen) atoms. The summed E-state index contributed by atoms with van der Waals surface area (Å²) in [4.78, 5) is 10.3. The van der Waals surface area contributed by atoms with Gasteiger partial charge in [-0.05, 0) is 15.9 Å². The molecule has 3 nitrogen and oxygen atoms in total. The molecule has 0 aromatic carbocycles. The lowest BCUT2D eigenvalue weighted by Crippen LogP contribution is -2.09. The minimum absolute atomic E-state index is 0.266. The molecule has 1 aromatic rings. The Hall–Kier alpha value is -0.980. The van der Waals surface area contributed by atoms with Crippen molar-refractivity contribution >= 4 is 21.9 Å². The first-order valence-electron chi connectivity index (χ1n) is 2.92. The van der Waals surface area contributed by atoms with Gasteiger partial charge in [-0.25, -0.2) is 4.79 Å². The first-order valence-corrected chi connectivity index (χ1v) is 3.71. The van der Waals surface area contributed by atoms with E-state index in [4.69, 9.17) is 5.11 Å². The van der Waals surface area contributed by atoms with Crippen molar-refractivity contribution in [1.29, 1.82) is 0 Å². The van der Waals surface area contributed by atoms with Crippen LogP contribution in [0.5, 0.6) is 0 Å².